The Hall–Kier alpha value is -1.84. The molecule has 0 atom stereocenters. The number of benzene rings is 1. The predicted octanol–water partition coefficient (Wildman–Crippen LogP) is 3.07. The molecule has 4 nitrogen and oxygen atoms in total. The summed E-state index contributed by atoms with van der Waals surface area (Å²) in [6, 6.07) is 8.41. The molecule has 1 heterocycles. The Kier molecular flexibility index (Phi) is 3.00. The van der Waals surface area contributed by atoms with Gasteiger partial charge < -0.3 is 4.74 Å². The molecule has 0 spiro atoms. The summed E-state index contributed by atoms with van der Waals surface area (Å²) in [6.45, 7) is 0. The second-order valence-corrected chi connectivity index (χ2v) is 4.72. The number of aromatic nitrogens is 3. The van der Waals surface area contributed by atoms with Gasteiger partial charge in [-0.25, -0.2) is 9.67 Å². The van der Waals surface area contributed by atoms with Crippen molar-refractivity contribution in [3.63, 3.8) is 0 Å². The highest BCUT2D eigenvalue weighted by atomic mass is 16.5. The highest BCUT2D eigenvalue weighted by Crippen LogP contribution is 2.29. The van der Waals surface area contributed by atoms with Crippen LogP contribution in [0, 0.1) is 0 Å². The fraction of sp³-hybridized carbons (Fsp3) is 0.429. The van der Waals surface area contributed by atoms with E-state index in [-0.39, 0.29) is 0 Å². The summed E-state index contributed by atoms with van der Waals surface area (Å²) in [4.78, 5) is 4.40. The Morgan fingerprint density at radius 2 is 2.11 bits per heavy atom. The smallest absolute Gasteiger partial charge is 0.181 e. The first-order valence-corrected chi connectivity index (χ1v) is 6.42. The van der Waals surface area contributed by atoms with Gasteiger partial charge in [0.25, 0.3) is 0 Å². The summed E-state index contributed by atoms with van der Waals surface area (Å²) < 4.78 is 7.24. The molecule has 1 saturated carbocycles. The lowest BCUT2D eigenvalue weighted by Gasteiger charge is -2.07. The summed E-state index contributed by atoms with van der Waals surface area (Å²) >= 11 is 0. The Morgan fingerprint density at radius 3 is 2.89 bits per heavy atom. The normalized spacial score (nSPS) is 16.1. The number of nitrogens with zero attached hydrogens (tertiary/aromatic N) is 3. The molecule has 0 N–H and O–H groups in total. The maximum Gasteiger partial charge on any atom is 0.181 e. The molecule has 1 aliphatic rings. The average Bonchev–Trinajstić information content (AvgIpc) is 3.09. The highest BCUT2D eigenvalue weighted by molar-refractivity contribution is 5.56. The Morgan fingerprint density at radius 1 is 1.28 bits per heavy atom. The average molecular weight is 243 g/mol. The molecule has 0 bridgehead atoms. The second kappa shape index (κ2) is 4.80. The molecule has 0 unspecified atom stereocenters. The number of hydrogen-bond acceptors (Lipinski definition) is 3. The standard InChI is InChI=1S/C14H17N3O/c1-18-13-8-4-5-11(9-13)14-15-10-17(16-14)12-6-2-3-7-12/h4-5,8-10,12H,2-3,6-7H2,1H3. The lowest BCUT2D eigenvalue weighted by molar-refractivity contribution is 0.415. The van der Waals surface area contributed by atoms with Gasteiger partial charge in [-0.2, -0.15) is 5.10 Å². The SMILES string of the molecule is COc1cccc(-c2ncn(C3CCCC3)n2)c1. The van der Waals surface area contributed by atoms with Crippen molar-refractivity contribution in [2.45, 2.75) is 31.7 Å². The van der Waals surface area contributed by atoms with Gasteiger partial charge in [0.05, 0.1) is 13.2 Å². The van der Waals surface area contributed by atoms with Crippen LogP contribution in [-0.4, -0.2) is 21.9 Å². The lowest BCUT2D eigenvalue weighted by atomic mass is 10.2. The van der Waals surface area contributed by atoms with E-state index in [0.717, 1.165) is 17.1 Å². The first-order chi connectivity index (χ1) is 8.86. The van der Waals surface area contributed by atoms with Crippen molar-refractivity contribution in [3.8, 4) is 17.1 Å². The van der Waals surface area contributed by atoms with Crippen LogP contribution in [0.5, 0.6) is 5.75 Å². The topological polar surface area (TPSA) is 39.9 Å². The molecule has 18 heavy (non-hydrogen) atoms. The van der Waals surface area contributed by atoms with Crippen molar-refractivity contribution in [1.29, 1.82) is 0 Å². The van der Waals surface area contributed by atoms with E-state index in [2.05, 4.69) is 10.1 Å². The van der Waals surface area contributed by atoms with Crippen molar-refractivity contribution < 1.29 is 4.74 Å². The molecule has 1 aromatic heterocycles. The number of rotatable bonds is 3. The molecule has 0 aliphatic heterocycles. The zero-order chi connectivity index (χ0) is 12.4. The zero-order valence-electron chi connectivity index (χ0n) is 10.5. The summed E-state index contributed by atoms with van der Waals surface area (Å²) in [7, 11) is 1.67. The van der Waals surface area contributed by atoms with E-state index in [1.165, 1.54) is 25.7 Å². The molecule has 0 amide bonds. The molecule has 1 fully saturated rings. The summed E-state index contributed by atoms with van der Waals surface area (Å²) in [5.74, 6) is 1.62. The third kappa shape index (κ3) is 2.10. The molecule has 94 valence electrons. The molecule has 4 heteroatoms. The van der Waals surface area contributed by atoms with Gasteiger partial charge in [-0.1, -0.05) is 25.0 Å². The maximum atomic E-state index is 5.22. The van der Waals surface area contributed by atoms with E-state index in [1.54, 1.807) is 7.11 Å². The molecular formula is C14H17N3O. The van der Waals surface area contributed by atoms with Crippen LogP contribution in [0.25, 0.3) is 11.4 Å². The van der Waals surface area contributed by atoms with Crippen LogP contribution in [0.3, 0.4) is 0 Å². The molecule has 1 aliphatic carbocycles. The van der Waals surface area contributed by atoms with E-state index in [0.29, 0.717) is 6.04 Å². The van der Waals surface area contributed by atoms with Gasteiger partial charge in [-0.3, -0.25) is 0 Å². The van der Waals surface area contributed by atoms with Gasteiger partial charge in [0.15, 0.2) is 5.82 Å². The van der Waals surface area contributed by atoms with E-state index in [9.17, 15) is 0 Å². The van der Waals surface area contributed by atoms with Crippen LogP contribution in [0.15, 0.2) is 30.6 Å². The third-order valence-electron chi connectivity index (χ3n) is 3.54. The Bertz CT molecular complexity index is 529. The van der Waals surface area contributed by atoms with E-state index >= 15 is 0 Å². The monoisotopic (exact) mass is 243 g/mol. The molecule has 3 rings (SSSR count). The van der Waals surface area contributed by atoms with Gasteiger partial charge in [-0.05, 0) is 25.0 Å². The summed E-state index contributed by atoms with van der Waals surface area (Å²) in [5, 5.41) is 4.59. The van der Waals surface area contributed by atoms with Gasteiger partial charge in [-0.15, -0.1) is 0 Å². The molecule has 1 aromatic carbocycles. The van der Waals surface area contributed by atoms with Gasteiger partial charge in [0, 0.05) is 5.56 Å². The minimum Gasteiger partial charge on any atom is -0.497 e. The highest BCUT2D eigenvalue weighted by Gasteiger charge is 2.18. The minimum absolute atomic E-state index is 0.539. The van der Waals surface area contributed by atoms with Crippen LogP contribution in [0.4, 0.5) is 0 Å². The molecule has 2 aromatic rings. The van der Waals surface area contributed by atoms with Crippen molar-refractivity contribution in [1.82, 2.24) is 14.8 Å². The van der Waals surface area contributed by atoms with E-state index in [4.69, 9.17) is 4.74 Å². The van der Waals surface area contributed by atoms with Crippen molar-refractivity contribution in [2.24, 2.45) is 0 Å². The van der Waals surface area contributed by atoms with E-state index in [1.807, 2.05) is 35.3 Å². The van der Waals surface area contributed by atoms with Crippen LogP contribution in [0.2, 0.25) is 0 Å². The lowest BCUT2D eigenvalue weighted by Crippen LogP contribution is -2.04. The molecule has 0 saturated heterocycles. The van der Waals surface area contributed by atoms with Crippen molar-refractivity contribution in [2.75, 3.05) is 7.11 Å². The number of methoxy groups -OCH3 is 1. The maximum absolute atomic E-state index is 5.22. The first kappa shape index (κ1) is 11.3. The Balaban J connectivity index is 1.87. The van der Waals surface area contributed by atoms with Crippen LogP contribution in [-0.2, 0) is 0 Å². The quantitative estimate of drug-likeness (QED) is 0.831. The fourth-order valence-electron chi connectivity index (χ4n) is 2.51. The van der Waals surface area contributed by atoms with E-state index < -0.39 is 0 Å². The van der Waals surface area contributed by atoms with Crippen LogP contribution < -0.4 is 4.74 Å². The van der Waals surface area contributed by atoms with Gasteiger partial charge in [0.1, 0.15) is 12.1 Å². The zero-order valence-corrected chi connectivity index (χ0v) is 10.5. The minimum atomic E-state index is 0.539. The largest absolute Gasteiger partial charge is 0.497 e. The van der Waals surface area contributed by atoms with Gasteiger partial charge in [0.2, 0.25) is 0 Å². The van der Waals surface area contributed by atoms with Crippen molar-refractivity contribution in [3.05, 3.63) is 30.6 Å². The predicted molar refractivity (Wildman–Crippen MR) is 69.5 cm³/mol. The van der Waals surface area contributed by atoms with Gasteiger partial charge >= 0.3 is 0 Å². The molecule has 0 radical (unpaired) electrons. The summed E-state index contributed by atoms with van der Waals surface area (Å²) in [6.07, 6.45) is 6.91. The summed E-state index contributed by atoms with van der Waals surface area (Å²) in [5.41, 5.74) is 1.01. The van der Waals surface area contributed by atoms with Crippen LogP contribution >= 0.6 is 0 Å². The fourth-order valence-corrected chi connectivity index (χ4v) is 2.51. The number of ether oxygens (including phenoxy) is 1. The Labute approximate surface area is 107 Å². The third-order valence-corrected chi connectivity index (χ3v) is 3.54. The van der Waals surface area contributed by atoms with Crippen molar-refractivity contribution >= 4 is 0 Å². The first-order valence-electron chi connectivity index (χ1n) is 6.42. The number of hydrogen-bond donors (Lipinski definition) is 0. The second-order valence-electron chi connectivity index (χ2n) is 4.72. The van der Waals surface area contributed by atoms with Crippen LogP contribution in [0.1, 0.15) is 31.7 Å². The molecular weight excluding hydrogens is 226 g/mol.